The summed E-state index contributed by atoms with van der Waals surface area (Å²) >= 11 is 0. The second kappa shape index (κ2) is 8.92. The van der Waals surface area contributed by atoms with E-state index >= 15 is 0 Å². The summed E-state index contributed by atoms with van der Waals surface area (Å²) in [5.74, 6) is 0. The summed E-state index contributed by atoms with van der Waals surface area (Å²) in [6, 6.07) is 20.1. The summed E-state index contributed by atoms with van der Waals surface area (Å²) in [5, 5.41) is 10.7. The van der Waals surface area contributed by atoms with Crippen molar-refractivity contribution < 1.29 is 9.76 Å². The van der Waals surface area contributed by atoms with Gasteiger partial charge in [-0.2, -0.15) is 5.48 Å². The van der Waals surface area contributed by atoms with Crippen LogP contribution in [0.3, 0.4) is 0 Å². The zero-order valence-electron chi connectivity index (χ0n) is 12.3. The van der Waals surface area contributed by atoms with Crippen LogP contribution in [0.15, 0.2) is 60.7 Å². The van der Waals surface area contributed by atoms with Crippen LogP contribution in [0, 0.1) is 16.2 Å². The smallest absolute Gasteiger partial charge is 0.226 e. The van der Waals surface area contributed by atoms with Gasteiger partial charge in [-0.1, -0.05) is 60.7 Å². The Morgan fingerprint density at radius 2 is 1.59 bits per heavy atom. The molecule has 115 valence electrons. The van der Waals surface area contributed by atoms with Gasteiger partial charge in [0.25, 0.3) is 0 Å². The molecular weight excluding hydrogens is 280 g/mol. The topological polar surface area (TPSA) is 64.4 Å². The maximum absolute atomic E-state index is 10.7. The first kappa shape index (κ1) is 16.1. The van der Waals surface area contributed by atoms with Crippen molar-refractivity contribution in [1.29, 1.82) is 0 Å². The first-order chi connectivity index (χ1) is 10.7. The molecule has 0 bridgehead atoms. The summed E-state index contributed by atoms with van der Waals surface area (Å²) < 4.78 is 0. The van der Waals surface area contributed by atoms with Gasteiger partial charge in [-0.25, -0.2) is 0 Å². The van der Waals surface area contributed by atoms with E-state index in [0.29, 0.717) is 19.1 Å². The van der Waals surface area contributed by atoms with Crippen molar-refractivity contribution in [3.05, 3.63) is 87.9 Å². The van der Waals surface area contributed by atoms with Gasteiger partial charge in [0.1, 0.15) is 6.04 Å². The lowest BCUT2D eigenvalue weighted by Crippen LogP contribution is -2.28. The number of aryl methyl sites for hydroxylation is 1. The highest BCUT2D eigenvalue weighted by Gasteiger charge is 2.16. The number of hydrogen-bond donors (Lipinski definition) is 1. The molecule has 2 aromatic carbocycles. The molecule has 2 rings (SSSR count). The van der Waals surface area contributed by atoms with Gasteiger partial charge in [-0.15, -0.1) is 0 Å². The third kappa shape index (κ3) is 6.03. The molecule has 0 heterocycles. The molecular formula is C17H19N2O3. The predicted molar refractivity (Wildman–Crippen MR) is 84.2 cm³/mol. The van der Waals surface area contributed by atoms with E-state index in [-0.39, 0.29) is 11.5 Å². The van der Waals surface area contributed by atoms with Crippen LogP contribution in [0.5, 0.6) is 0 Å². The lowest BCUT2D eigenvalue weighted by molar-refractivity contribution is -0.477. The number of nitrogens with zero attached hydrogens (tertiary/aromatic N) is 1. The minimum absolute atomic E-state index is 0.235. The fraction of sp³-hybridized carbons (Fsp3) is 0.235. The molecule has 0 saturated heterocycles. The van der Waals surface area contributed by atoms with Crippen LogP contribution in [-0.2, 0) is 17.9 Å². The molecule has 5 nitrogen and oxygen atoms in total. The Morgan fingerprint density at radius 3 is 2.18 bits per heavy atom. The number of rotatable bonds is 9. The molecule has 1 radical (unpaired) electrons. The quantitative estimate of drug-likeness (QED) is 0.570. The summed E-state index contributed by atoms with van der Waals surface area (Å²) in [6.07, 6.45) is 1.31. The lowest BCUT2D eigenvalue weighted by Gasteiger charge is -2.14. The molecule has 0 fully saturated rings. The summed E-state index contributed by atoms with van der Waals surface area (Å²) in [6.45, 7) is 0.134. The standard InChI is InChI=1S/C17H19N2O3/c20-19(21)13-17(12-11-15-7-3-1-4-8-15)18-22-14-16-9-5-2-6-10-16/h1-10,18H,11-14H2. The lowest BCUT2D eigenvalue weighted by atomic mass is 10.1. The van der Waals surface area contributed by atoms with Crippen molar-refractivity contribution in [2.24, 2.45) is 0 Å². The van der Waals surface area contributed by atoms with Gasteiger partial charge in [-0.05, 0) is 24.0 Å². The van der Waals surface area contributed by atoms with Crippen LogP contribution in [0.25, 0.3) is 0 Å². The SMILES string of the molecule is O=[N+]([O-])C[C](CCc1ccccc1)NOCc1ccccc1. The highest BCUT2D eigenvalue weighted by Crippen LogP contribution is 2.10. The normalized spacial score (nSPS) is 10.8. The molecule has 0 saturated carbocycles. The molecule has 0 spiro atoms. The van der Waals surface area contributed by atoms with E-state index in [2.05, 4.69) is 5.48 Å². The molecule has 0 atom stereocenters. The molecule has 1 N–H and O–H groups in total. The van der Waals surface area contributed by atoms with E-state index in [0.717, 1.165) is 17.5 Å². The molecule has 22 heavy (non-hydrogen) atoms. The molecule has 0 aliphatic carbocycles. The highest BCUT2D eigenvalue weighted by atomic mass is 16.7. The first-order valence-corrected chi connectivity index (χ1v) is 7.16. The molecule has 2 aromatic rings. The van der Waals surface area contributed by atoms with Crippen LogP contribution in [-0.4, -0.2) is 11.5 Å². The Labute approximate surface area is 130 Å². The van der Waals surface area contributed by atoms with Crippen molar-refractivity contribution >= 4 is 0 Å². The monoisotopic (exact) mass is 299 g/mol. The number of nitro groups is 1. The summed E-state index contributed by atoms with van der Waals surface area (Å²) in [7, 11) is 0. The average Bonchev–Trinajstić information content (AvgIpc) is 2.54. The van der Waals surface area contributed by atoms with Crippen molar-refractivity contribution in [1.82, 2.24) is 5.48 Å². The third-order valence-electron chi connectivity index (χ3n) is 3.18. The second-order valence-electron chi connectivity index (χ2n) is 4.96. The van der Waals surface area contributed by atoms with E-state index < -0.39 is 0 Å². The van der Waals surface area contributed by atoms with E-state index in [1.54, 1.807) is 0 Å². The Morgan fingerprint density at radius 1 is 1.00 bits per heavy atom. The van der Waals surface area contributed by atoms with Crippen LogP contribution in [0.2, 0.25) is 0 Å². The Balaban J connectivity index is 1.79. The number of hydroxylamine groups is 1. The molecule has 0 amide bonds. The average molecular weight is 299 g/mol. The Hall–Kier alpha value is -2.24. The summed E-state index contributed by atoms with van der Waals surface area (Å²) in [4.78, 5) is 15.8. The maximum atomic E-state index is 10.7. The van der Waals surface area contributed by atoms with Gasteiger partial charge in [0, 0.05) is 4.92 Å². The first-order valence-electron chi connectivity index (χ1n) is 7.16. The van der Waals surface area contributed by atoms with Crippen LogP contribution in [0.4, 0.5) is 0 Å². The van der Waals surface area contributed by atoms with Gasteiger partial charge in [0.15, 0.2) is 0 Å². The van der Waals surface area contributed by atoms with Gasteiger partial charge < -0.3 is 0 Å². The molecule has 0 aromatic heterocycles. The largest absolute Gasteiger partial charge is 0.296 e. The Bertz CT molecular complexity index is 561. The van der Waals surface area contributed by atoms with Crippen LogP contribution >= 0.6 is 0 Å². The highest BCUT2D eigenvalue weighted by molar-refractivity contribution is 5.15. The van der Waals surface area contributed by atoms with E-state index in [9.17, 15) is 10.1 Å². The van der Waals surface area contributed by atoms with E-state index in [1.807, 2.05) is 60.7 Å². The maximum Gasteiger partial charge on any atom is 0.226 e. The number of hydrogen-bond acceptors (Lipinski definition) is 4. The van der Waals surface area contributed by atoms with Crippen molar-refractivity contribution in [3.63, 3.8) is 0 Å². The molecule has 0 aliphatic heterocycles. The van der Waals surface area contributed by atoms with Crippen molar-refractivity contribution in [2.75, 3.05) is 6.54 Å². The molecule has 0 aliphatic rings. The molecule has 5 heteroatoms. The number of benzene rings is 2. The Kier molecular flexibility index (Phi) is 6.54. The van der Waals surface area contributed by atoms with Gasteiger partial charge in [-0.3, -0.25) is 15.0 Å². The zero-order chi connectivity index (χ0) is 15.6. The molecule has 0 unspecified atom stereocenters. The van der Waals surface area contributed by atoms with E-state index in [4.69, 9.17) is 4.84 Å². The van der Waals surface area contributed by atoms with Gasteiger partial charge in [0.05, 0.1) is 6.61 Å². The van der Waals surface area contributed by atoms with Crippen molar-refractivity contribution in [3.8, 4) is 0 Å². The zero-order valence-corrected chi connectivity index (χ0v) is 12.3. The van der Waals surface area contributed by atoms with Crippen LogP contribution in [0.1, 0.15) is 17.5 Å². The predicted octanol–water partition coefficient (Wildman–Crippen LogP) is 3.15. The van der Waals surface area contributed by atoms with Crippen LogP contribution < -0.4 is 5.48 Å². The van der Waals surface area contributed by atoms with Gasteiger partial charge in [0.2, 0.25) is 6.54 Å². The minimum atomic E-state index is -0.348. The van der Waals surface area contributed by atoms with Crippen molar-refractivity contribution in [2.45, 2.75) is 19.4 Å². The fourth-order valence-corrected chi connectivity index (χ4v) is 2.05. The third-order valence-corrected chi connectivity index (χ3v) is 3.18. The minimum Gasteiger partial charge on any atom is -0.296 e. The second-order valence-corrected chi connectivity index (χ2v) is 4.96. The van der Waals surface area contributed by atoms with Gasteiger partial charge >= 0.3 is 0 Å². The fourth-order valence-electron chi connectivity index (χ4n) is 2.05. The summed E-state index contributed by atoms with van der Waals surface area (Å²) in [5.41, 5.74) is 4.90. The van der Waals surface area contributed by atoms with E-state index in [1.165, 1.54) is 0 Å². The number of nitrogens with one attached hydrogen (secondary N) is 1.